The van der Waals surface area contributed by atoms with Crippen molar-refractivity contribution in [2.75, 3.05) is 6.54 Å². The van der Waals surface area contributed by atoms with Gasteiger partial charge >= 0.3 is 0 Å². The molecule has 132 valence electrons. The van der Waals surface area contributed by atoms with E-state index in [2.05, 4.69) is 42.8 Å². The maximum Gasteiger partial charge on any atom is 0.243 e. The standard InChI is InChI=1S/C18H25BrN2O2S/c1-14-11-16(13-18(2,3)12-14)21(10-4-9-20)24(22,23)17-7-5-15(19)6-8-17/h5-8,14,16H,4,10-13H2,1-3H3. The lowest BCUT2D eigenvalue weighted by Crippen LogP contribution is -2.46. The first-order valence-corrected chi connectivity index (χ1v) is 10.5. The second kappa shape index (κ2) is 7.55. The molecule has 2 rings (SSSR count). The predicted molar refractivity (Wildman–Crippen MR) is 98.8 cm³/mol. The van der Waals surface area contributed by atoms with E-state index >= 15 is 0 Å². The van der Waals surface area contributed by atoms with Crippen LogP contribution in [0.25, 0.3) is 0 Å². The highest BCUT2D eigenvalue weighted by molar-refractivity contribution is 9.10. The van der Waals surface area contributed by atoms with Gasteiger partial charge in [-0.2, -0.15) is 9.57 Å². The van der Waals surface area contributed by atoms with Crippen molar-refractivity contribution < 1.29 is 8.42 Å². The molecule has 4 nitrogen and oxygen atoms in total. The summed E-state index contributed by atoms with van der Waals surface area (Å²) >= 11 is 3.34. The number of nitriles is 1. The van der Waals surface area contributed by atoms with Crippen molar-refractivity contribution in [2.45, 2.75) is 57.4 Å². The van der Waals surface area contributed by atoms with Crippen LogP contribution in [-0.2, 0) is 10.0 Å². The monoisotopic (exact) mass is 412 g/mol. The van der Waals surface area contributed by atoms with Crippen molar-refractivity contribution in [1.82, 2.24) is 4.31 Å². The minimum absolute atomic E-state index is 0.0502. The second-order valence-corrected chi connectivity index (χ2v) is 10.4. The molecule has 0 aliphatic heterocycles. The fourth-order valence-electron chi connectivity index (χ4n) is 3.92. The van der Waals surface area contributed by atoms with Crippen LogP contribution in [0.5, 0.6) is 0 Å². The molecule has 1 saturated carbocycles. The molecule has 0 radical (unpaired) electrons. The first-order valence-electron chi connectivity index (χ1n) is 8.30. The number of benzene rings is 1. The van der Waals surface area contributed by atoms with E-state index < -0.39 is 10.0 Å². The Morgan fingerprint density at radius 1 is 1.29 bits per heavy atom. The van der Waals surface area contributed by atoms with Crippen molar-refractivity contribution in [3.63, 3.8) is 0 Å². The zero-order chi connectivity index (χ0) is 18.0. The molecule has 1 aliphatic rings. The summed E-state index contributed by atoms with van der Waals surface area (Å²) in [5.41, 5.74) is 0.114. The van der Waals surface area contributed by atoms with Gasteiger partial charge in [0.2, 0.25) is 10.0 Å². The molecule has 1 fully saturated rings. The summed E-state index contributed by atoms with van der Waals surface area (Å²) in [5.74, 6) is 0.475. The van der Waals surface area contributed by atoms with Gasteiger partial charge in [0, 0.05) is 23.5 Å². The lowest BCUT2D eigenvalue weighted by atomic mass is 9.70. The Kier molecular flexibility index (Phi) is 6.11. The molecular weight excluding hydrogens is 388 g/mol. The van der Waals surface area contributed by atoms with Gasteiger partial charge in [-0.1, -0.05) is 36.7 Å². The van der Waals surface area contributed by atoms with Gasteiger partial charge in [0.25, 0.3) is 0 Å². The average Bonchev–Trinajstić information content (AvgIpc) is 2.45. The van der Waals surface area contributed by atoms with Crippen molar-refractivity contribution >= 4 is 26.0 Å². The summed E-state index contributed by atoms with van der Waals surface area (Å²) in [6.45, 7) is 6.83. The van der Waals surface area contributed by atoms with Gasteiger partial charge in [-0.15, -0.1) is 0 Å². The number of hydrogen-bond acceptors (Lipinski definition) is 3. The van der Waals surface area contributed by atoms with Gasteiger partial charge in [-0.3, -0.25) is 0 Å². The van der Waals surface area contributed by atoms with E-state index in [0.29, 0.717) is 10.8 Å². The van der Waals surface area contributed by atoms with Crippen molar-refractivity contribution in [3.8, 4) is 6.07 Å². The van der Waals surface area contributed by atoms with Crippen LogP contribution in [0.4, 0.5) is 0 Å². The summed E-state index contributed by atoms with van der Waals surface area (Å²) in [6.07, 6.45) is 3.00. The molecule has 1 aliphatic carbocycles. The molecule has 0 saturated heterocycles. The third-order valence-corrected chi connectivity index (χ3v) is 7.13. The van der Waals surface area contributed by atoms with Gasteiger partial charge in [-0.05, 0) is 54.9 Å². The summed E-state index contributed by atoms with van der Waals surface area (Å²) in [6, 6.07) is 8.76. The SMILES string of the molecule is CC1CC(N(CCC#N)S(=O)(=O)c2ccc(Br)cc2)CC(C)(C)C1. The van der Waals surface area contributed by atoms with Crippen LogP contribution >= 0.6 is 15.9 Å². The molecule has 2 atom stereocenters. The molecular formula is C18H25BrN2O2S. The minimum atomic E-state index is -3.60. The summed E-state index contributed by atoms with van der Waals surface area (Å²) in [7, 11) is -3.60. The topological polar surface area (TPSA) is 61.2 Å². The van der Waals surface area contributed by atoms with Crippen LogP contribution in [0.1, 0.15) is 46.5 Å². The molecule has 2 unspecified atom stereocenters. The Hall–Kier alpha value is -0.900. The van der Waals surface area contributed by atoms with Crippen LogP contribution in [-0.4, -0.2) is 25.3 Å². The molecule has 0 spiro atoms. The number of nitrogens with zero attached hydrogens (tertiary/aromatic N) is 2. The normalized spacial score (nSPS) is 23.8. The molecule has 1 aromatic rings. The van der Waals surface area contributed by atoms with Gasteiger partial charge in [0.1, 0.15) is 0 Å². The molecule has 0 amide bonds. The maximum absolute atomic E-state index is 13.2. The maximum atomic E-state index is 13.2. The molecule has 1 aromatic carbocycles. The fourth-order valence-corrected chi connectivity index (χ4v) is 5.82. The Bertz CT molecular complexity index is 708. The second-order valence-electron chi connectivity index (χ2n) is 7.54. The van der Waals surface area contributed by atoms with E-state index in [4.69, 9.17) is 5.26 Å². The smallest absolute Gasteiger partial charge is 0.207 e. The van der Waals surface area contributed by atoms with Crippen molar-refractivity contribution in [2.24, 2.45) is 11.3 Å². The van der Waals surface area contributed by atoms with Crippen LogP contribution in [0.3, 0.4) is 0 Å². The first-order chi connectivity index (χ1) is 11.2. The molecule has 0 heterocycles. The Balaban J connectivity index is 2.37. The van der Waals surface area contributed by atoms with Gasteiger partial charge in [0.15, 0.2) is 0 Å². The highest BCUT2D eigenvalue weighted by Crippen LogP contribution is 2.41. The Morgan fingerprint density at radius 2 is 1.92 bits per heavy atom. The number of hydrogen-bond donors (Lipinski definition) is 0. The first kappa shape index (κ1) is 19.4. The number of rotatable bonds is 5. The van der Waals surface area contributed by atoms with Crippen LogP contribution < -0.4 is 0 Å². The lowest BCUT2D eigenvalue weighted by molar-refractivity contribution is 0.112. The fraction of sp³-hybridized carbons (Fsp3) is 0.611. The largest absolute Gasteiger partial charge is 0.243 e. The third-order valence-electron chi connectivity index (χ3n) is 4.64. The van der Waals surface area contributed by atoms with E-state index in [1.807, 2.05) is 0 Å². The third kappa shape index (κ3) is 4.59. The summed E-state index contributed by atoms with van der Waals surface area (Å²) < 4.78 is 28.7. The highest BCUT2D eigenvalue weighted by Gasteiger charge is 2.39. The zero-order valence-corrected chi connectivity index (χ0v) is 16.9. The van der Waals surface area contributed by atoms with Crippen LogP contribution in [0.2, 0.25) is 0 Å². The highest BCUT2D eigenvalue weighted by atomic mass is 79.9. The van der Waals surface area contributed by atoms with Crippen molar-refractivity contribution in [3.05, 3.63) is 28.7 Å². The molecule has 0 bridgehead atoms. The number of halogens is 1. The van der Waals surface area contributed by atoms with Gasteiger partial charge < -0.3 is 0 Å². The quantitative estimate of drug-likeness (QED) is 0.711. The van der Waals surface area contributed by atoms with Gasteiger partial charge in [0.05, 0.1) is 11.0 Å². The van der Waals surface area contributed by atoms with Crippen LogP contribution in [0, 0.1) is 22.7 Å². The predicted octanol–water partition coefficient (Wildman–Crippen LogP) is 4.57. The van der Waals surface area contributed by atoms with Crippen LogP contribution in [0.15, 0.2) is 33.6 Å². The average molecular weight is 413 g/mol. The minimum Gasteiger partial charge on any atom is -0.207 e. The van der Waals surface area contributed by atoms with E-state index in [9.17, 15) is 8.42 Å². The van der Waals surface area contributed by atoms with Gasteiger partial charge in [-0.25, -0.2) is 8.42 Å². The van der Waals surface area contributed by atoms with E-state index in [-0.39, 0.29) is 24.4 Å². The molecule has 0 N–H and O–H groups in total. The molecule has 0 aromatic heterocycles. The molecule has 24 heavy (non-hydrogen) atoms. The van der Waals surface area contributed by atoms with E-state index in [0.717, 1.165) is 23.7 Å². The van der Waals surface area contributed by atoms with E-state index in [1.54, 1.807) is 28.6 Å². The number of sulfonamides is 1. The van der Waals surface area contributed by atoms with E-state index in [1.165, 1.54) is 0 Å². The molecule has 6 heteroatoms. The lowest BCUT2D eigenvalue weighted by Gasteiger charge is -2.43. The summed E-state index contributed by atoms with van der Waals surface area (Å²) in [5, 5.41) is 8.96. The van der Waals surface area contributed by atoms with Crippen molar-refractivity contribution in [1.29, 1.82) is 5.26 Å². The Morgan fingerprint density at radius 3 is 2.46 bits per heavy atom. The zero-order valence-electron chi connectivity index (χ0n) is 14.5. The Labute approximate surface area is 154 Å². The summed E-state index contributed by atoms with van der Waals surface area (Å²) in [4.78, 5) is 0.291.